The Hall–Kier alpha value is -0.0300. The predicted molar refractivity (Wildman–Crippen MR) is 71.8 cm³/mol. The van der Waals surface area contributed by atoms with E-state index in [1.807, 2.05) is 0 Å². The van der Waals surface area contributed by atoms with Gasteiger partial charge in [0.15, 0.2) is 0 Å². The van der Waals surface area contributed by atoms with Crippen molar-refractivity contribution in [3.8, 4) is 0 Å². The lowest BCUT2D eigenvalue weighted by molar-refractivity contribution is 0.306. The summed E-state index contributed by atoms with van der Waals surface area (Å²) in [5.74, 6) is 0. The van der Waals surface area contributed by atoms with Crippen LogP contribution < -0.4 is 22.9 Å². The van der Waals surface area contributed by atoms with Gasteiger partial charge in [-0.25, -0.2) is 0 Å². The Balaban J connectivity index is -0.0000000369. The zero-order valence-electron chi connectivity index (χ0n) is 10.2. The maximum absolute atomic E-state index is 7.75. The molecule has 0 unspecified atom stereocenters. The van der Waals surface area contributed by atoms with Gasteiger partial charge in [0.2, 0.25) is 0 Å². The molecular weight excluding hydrogens is 252 g/mol. The molecule has 0 aliphatic heterocycles. The summed E-state index contributed by atoms with van der Waals surface area (Å²) < 4.78 is 0. The molecule has 0 fully saturated rings. The highest BCUT2D eigenvalue weighted by atomic mass is 35.5. The van der Waals surface area contributed by atoms with E-state index in [0.29, 0.717) is 26.2 Å². The molecule has 112 valence electrons. The van der Waals surface area contributed by atoms with Gasteiger partial charge in [-0.05, 0) is 0 Å². The van der Waals surface area contributed by atoms with Crippen LogP contribution >= 0.6 is 12.4 Å². The van der Waals surface area contributed by atoms with Crippen molar-refractivity contribution in [1.29, 1.82) is 0 Å². The van der Waals surface area contributed by atoms with E-state index in [4.69, 9.17) is 43.4 Å². The molecule has 0 amide bonds. The molecule has 0 radical (unpaired) electrons. The van der Waals surface area contributed by atoms with Crippen LogP contribution in [0.15, 0.2) is 0 Å². The highest BCUT2D eigenvalue weighted by molar-refractivity contribution is 5.85. The number of hydrogen-bond acceptors (Lipinski definition) is 8. The number of nitrogens with two attached hydrogens (primary N) is 4. The molecule has 0 aliphatic rings. The van der Waals surface area contributed by atoms with Crippen LogP contribution in [0.4, 0.5) is 0 Å². The van der Waals surface area contributed by atoms with Crippen molar-refractivity contribution in [2.75, 3.05) is 52.6 Å². The molecule has 0 aliphatic carbocycles. The lowest BCUT2D eigenvalue weighted by atomic mass is 10.8. The van der Waals surface area contributed by atoms with Crippen molar-refractivity contribution in [3.63, 3.8) is 0 Å². The Morgan fingerprint density at radius 2 is 0.529 bits per heavy atom. The first-order valence-corrected chi connectivity index (χ1v) is 4.90. The van der Waals surface area contributed by atoms with E-state index in [-0.39, 0.29) is 38.8 Å². The fraction of sp³-hybridized carbons (Fsp3) is 1.00. The summed E-state index contributed by atoms with van der Waals surface area (Å²) in [6, 6.07) is 0. The normalized spacial score (nSPS) is 7.06. The molecule has 0 aromatic rings. The smallest absolute Gasteiger partial charge is 0.0553 e. The van der Waals surface area contributed by atoms with Crippen molar-refractivity contribution in [2.45, 2.75) is 0 Å². The zero-order chi connectivity index (χ0) is 13.7. The highest BCUT2D eigenvalue weighted by Crippen LogP contribution is 1.34. The summed E-state index contributed by atoms with van der Waals surface area (Å²) in [6.07, 6.45) is 0. The molecule has 0 saturated carbocycles. The van der Waals surface area contributed by atoms with Crippen molar-refractivity contribution >= 4 is 12.4 Å². The van der Waals surface area contributed by atoms with Gasteiger partial charge in [-0.1, -0.05) is 0 Å². The van der Waals surface area contributed by atoms with E-state index in [2.05, 4.69) is 0 Å². The second-order valence-electron chi connectivity index (χ2n) is 2.05. The van der Waals surface area contributed by atoms with Crippen LogP contribution in [0.1, 0.15) is 0 Å². The second-order valence-corrected chi connectivity index (χ2v) is 2.05. The Bertz CT molecular complexity index is 53.5. The third-order valence-electron chi connectivity index (χ3n) is 0.516. The SMILES string of the molecule is Cl.NCCO.NCCO.NCCO.NCCO. The lowest BCUT2D eigenvalue weighted by Crippen LogP contribution is -2.02. The van der Waals surface area contributed by atoms with Crippen LogP contribution in [0.25, 0.3) is 0 Å². The summed E-state index contributed by atoms with van der Waals surface area (Å²) in [6.45, 7) is 1.89. The van der Waals surface area contributed by atoms with Crippen LogP contribution in [0.2, 0.25) is 0 Å². The maximum atomic E-state index is 7.75. The Labute approximate surface area is 109 Å². The molecule has 9 heteroatoms. The first kappa shape index (κ1) is 30.2. The van der Waals surface area contributed by atoms with Crippen LogP contribution in [-0.4, -0.2) is 73.0 Å². The summed E-state index contributed by atoms with van der Waals surface area (Å²) in [5.41, 5.74) is 19.1. The number of halogens is 1. The van der Waals surface area contributed by atoms with Gasteiger partial charge in [0.05, 0.1) is 26.4 Å². The number of aliphatic hydroxyl groups excluding tert-OH is 4. The van der Waals surface area contributed by atoms with Gasteiger partial charge >= 0.3 is 0 Å². The largest absolute Gasteiger partial charge is 0.395 e. The maximum Gasteiger partial charge on any atom is 0.0553 e. The molecule has 0 saturated heterocycles. The van der Waals surface area contributed by atoms with E-state index < -0.39 is 0 Å². The first-order chi connectivity index (χ1) is 7.66. The van der Waals surface area contributed by atoms with Crippen LogP contribution in [0.3, 0.4) is 0 Å². The summed E-state index contributed by atoms with van der Waals surface area (Å²) in [7, 11) is 0. The van der Waals surface area contributed by atoms with Crippen molar-refractivity contribution in [3.05, 3.63) is 0 Å². The van der Waals surface area contributed by atoms with Gasteiger partial charge in [-0.15, -0.1) is 12.4 Å². The average Bonchev–Trinajstić information content (AvgIpc) is 2.39. The van der Waals surface area contributed by atoms with E-state index in [9.17, 15) is 0 Å². The quantitative estimate of drug-likeness (QED) is 0.257. The molecule has 0 aromatic heterocycles. The molecular formula is C8H29ClN4O4. The summed E-state index contributed by atoms with van der Waals surface area (Å²) >= 11 is 0. The zero-order valence-corrected chi connectivity index (χ0v) is 11.0. The molecule has 0 aromatic carbocycles. The molecule has 17 heavy (non-hydrogen) atoms. The number of aliphatic hydroxyl groups is 4. The Kier molecular flexibility index (Phi) is 100. The van der Waals surface area contributed by atoms with E-state index in [1.54, 1.807) is 0 Å². The fourth-order valence-corrected chi connectivity index (χ4v) is 0. The summed E-state index contributed by atoms with van der Waals surface area (Å²) in [5, 5.41) is 31.0. The third kappa shape index (κ3) is 198. The molecule has 12 N–H and O–H groups in total. The monoisotopic (exact) mass is 280 g/mol. The third-order valence-corrected chi connectivity index (χ3v) is 0.516. The van der Waals surface area contributed by atoms with E-state index in [0.717, 1.165) is 0 Å². The predicted octanol–water partition coefficient (Wildman–Crippen LogP) is -3.83. The molecule has 0 heterocycles. The highest BCUT2D eigenvalue weighted by Gasteiger charge is 1.57. The van der Waals surface area contributed by atoms with Gasteiger partial charge in [0.25, 0.3) is 0 Å². The number of rotatable bonds is 4. The van der Waals surface area contributed by atoms with E-state index >= 15 is 0 Å². The molecule has 0 rings (SSSR count). The minimum Gasteiger partial charge on any atom is -0.395 e. The molecule has 0 atom stereocenters. The van der Waals surface area contributed by atoms with Gasteiger partial charge in [-0.2, -0.15) is 0 Å². The van der Waals surface area contributed by atoms with Gasteiger partial charge in [0, 0.05) is 26.2 Å². The molecule has 8 nitrogen and oxygen atoms in total. The van der Waals surface area contributed by atoms with Crippen LogP contribution in [0, 0.1) is 0 Å². The summed E-state index contributed by atoms with van der Waals surface area (Å²) in [4.78, 5) is 0. The number of hydrogen-bond donors (Lipinski definition) is 8. The minimum absolute atomic E-state index is 0. The first-order valence-electron chi connectivity index (χ1n) is 4.90. The van der Waals surface area contributed by atoms with Gasteiger partial charge in [0.1, 0.15) is 0 Å². The topological polar surface area (TPSA) is 185 Å². The van der Waals surface area contributed by atoms with Gasteiger partial charge in [-0.3, -0.25) is 0 Å². The molecule has 0 bridgehead atoms. The minimum atomic E-state index is 0. The fourth-order valence-electron chi connectivity index (χ4n) is 0. The Morgan fingerprint density at radius 3 is 0.529 bits per heavy atom. The van der Waals surface area contributed by atoms with Crippen molar-refractivity contribution < 1.29 is 20.4 Å². The standard InChI is InChI=1S/4C2H7NO.ClH/c4*3-1-2-4;/h4*4H,1-3H2;1H. The lowest BCUT2D eigenvalue weighted by Gasteiger charge is -1.71. The second kappa shape index (κ2) is 56.3. The average molecular weight is 281 g/mol. The van der Waals surface area contributed by atoms with Crippen LogP contribution in [-0.2, 0) is 0 Å². The Morgan fingerprint density at radius 1 is 0.471 bits per heavy atom. The van der Waals surface area contributed by atoms with Crippen molar-refractivity contribution in [1.82, 2.24) is 0 Å². The van der Waals surface area contributed by atoms with E-state index in [1.165, 1.54) is 0 Å². The van der Waals surface area contributed by atoms with Gasteiger partial charge < -0.3 is 43.4 Å². The molecule has 0 spiro atoms. The van der Waals surface area contributed by atoms with Crippen molar-refractivity contribution in [2.24, 2.45) is 22.9 Å². The van der Waals surface area contributed by atoms with Crippen LogP contribution in [0.5, 0.6) is 0 Å².